The summed E-state index contributed by atoms with van der Waals surface area (Å²) in [5.41, 5.74) is 2.26. The summed E-state index contributed by atoms with van der Waals surface area (Å²) in [5, 5.41) is 9.23. The third-order valence-electron chi connectivity index (χ3n) is 3.16. The lowest BCUT2D eigenvalue weighted by Crippen LogP contribution is -2.14. The summed E-state index contributed by atoms with van der Waals surface area (Å²) in [6.45, 7) is 6.51. The van der Waals surface area contributed by atoms with Gasteiger partial charge in [0, 0.05) is 19.0 Å². The van der Waals surface area contributed by atoms with Crippen molar-refractivity contribution < 1.29 is 9.47 Å². The lowest BCUT2D eigenvalue weighted by molar-refractivity contribution is 0.0658. The Bertz CT molecular complexity index is 525. The number of nitrogens with zero attached hydrogens (tertiary/aromatic N) is 2. The van der Waals surface area contributed by atoms with Crippen molar-refractivity contribution in [3.63, 3.8) is 0 Å². The minimum atomic E-state index is 0.625. The molecule has 0 fully saturated rings. The van der Waals surface area contributed by atoms with E-state index in [4.69, 9.17) is 9.47 Å². The first-order valence-electron chi connectivity index (χ1n) is 7.08. The predicted molar refractivity (Wildman–Crippen MR) is 79.8 cm³/mol. The van der Waals surface area contributed by atoms with E-state index in [1.165, 1.54) is 5.39 Å². The van der Waals surface area contributed by atoms with E-state index in [9.17, 15) is 0 Å². The van der Waals surface area contributed by atoms with Crippen LogP contribution < -0.4 is 5.32 Å². The first-order valence-corrected chi connectivity index (χ1v) is 7.08. The number of benzene rings is 1. The highest BCUT2D eigenvalue weighted by Gasteiger charge is 2.09. The number of aromatic nitrogens is 2. The van der Waals surface area contributed by atoms with Gasteiger partial charge in [-0.2, -0.15) is 5.10 Å². The summed E-state index contributed by atoms with van der Waals surface area (Å²) in [7, 11) is 1.68. The molecular weight excluding hydrogens is 254 g/mol. The van der Waals surface area contributed by atoms with Crippen LogP contribution in [0.15, 0.2) is 24.3 Å². The summed E-state index contributed by atoms with van der Waals surface area (Å²) >= 11 is 0. The molecule has 110 valence electrons. The minimum absolute atomic E-state index is 0.625. The van der Waals surface area contributed by atoms with E-state index in [1.807, 2.05) is 10.7 Å². The van der Waals surface area contributed by atoms with Crippen molar-refractivity contribution in [2.24, 2.45) is 0 Å². The van der Waals surface area contributed by atoms with Crippen LogP contribution in [0.1, 0.15) is 12.6 Å². The Labute approximate surface area is 119 Å². The molecule has 1 aromatic heterocycles. The van der Waals surface area contributed by atoms with Crippen molar-refractivity contribution in [3.05, 3.63) is 30.0 Å². The highest BCUT2D eigenvalue weighted by molar-refractivity contribution is 5.81. The quantitative estimate of drug-likeness (QED) is 0.710. The molecule has 2 aromatic rings. The van der Waals surface area contributed by atoms with Gasteiger partial charge in [0.1, 0.15) is 0 Å². The van der Waals surface area contributed by atoms with Crippen LogP contribution in [-0.2, 0) is 22.6 Å². The molecule has 0 unspecified atom stereocenters. The van der Waals surface area contributed by atoms with E-state index in [2.05, 4.69) is 35.5 Å². The van der Waals surface area contributed by atoms with Gasteiger partial charge in [0.05, 0.1) is 37.6 Å². The summed E-state index contributed by atoms with van der Waals surface area (Å²) in [5.74, 6) is 0. The second-order valence-electron chi connectivity index (χ2n) is 4.57. The zero-order valence-corrected chi connectivity index (χ0v) is 12.3. The number of methoxy groups -OCH3 is 1. The average molecular weight is 277 g/mol. The van der Waals surface area contributed by atoms with E-state index in [1.54, 1.807) is 7.11 Å². The zero-order chi connectivity index (χ0) is 14.2. The monoisotopic (exact) mass is 277 g/mol. The fourth-order valence-electron chi connectivity index (χ4n) is 2.14. The molecule has 0 radical (unpaired) electrons. The first-order chi connectivity index (χ1) is 9.86. The predicted octanol–water partition coefficient (Wildman–Crippen LogP) is 1.81. The van der Waals surface area contributed by atoms with Crippen molar-refractivity contribution in [1.82, 2.24) is 15.1 Å². The van der Waals surface area contributed by atoms with Crippen LogP contribution in [0.2, 0.25) is 0 Å². The highest BCUT2D eigenvalue weighted by atomic mass is 16.5. The van der Waals surface area contributed by atoms with Crippen molar-refractivity contribution >= 4 is 10.9 Å². The lowest BCUT2D eigenvalue weighted by Gasteiger charge is -2.05. The van der Waals surface area contributed by atoms with E-state index in [0.717, 1.165) is 30.8 Å². The number of hydrogen-bond donors (Lipinski definition) is 1. The maximum Gasteiger partial charge on any atom is 0.0841 e. The Kier molecular flexibility index (Phi) is 5.98. The first kappa shape index (κ1) is 15.0. The molecule has 0 aliphatic carbocycles. The highest BCUT2D eigenvalue weighted by Crippen LogP contribution is 2.18. The molecule has 0 saturated carbocycles. The molecule has 1 aromatic carbocycles. The summed E-state index contributed by atoms with van der Waals surface area (Å²) in [6.07, 6.45) is 0. The number of nitrogens with one attached hydrogen (secondary N) is 1. The number of hydrogen-bond acceptors (Lipinski definition) is 4. The molecule has 0 atom stereocenters. The number of para-hydroxylation sites is 1. The van der Waals surface area contributed by atoms with Gasteiger partial charge in [-0.3, -0.25) is 4.68 Å². The lowest BCUT2D eigenvalue weighted by atomic mass is 10.2. The molecule has 0 bridgehead atoms. The minimum Gasteiger partial charge on any atom is -0.382 e. The second-order valence-corrected chi connectivity index (χ2v) is 4.57. The Morgan fingerprint density at radius 1 is 1.20 bits per heavy atom. The van der Waals surface area contributed by atoms with Gasteiger partial charge in [-0.15, -0.1) is 0 Å². The molecule has 0 aliphatic heterocycles. The Morgan fingerprint density at radius 2 is 2.05 bits per heavy atom. The molecular formula is C15H23N3O2. The molecule has 5 heteroatoms. The second kappa shape index (κ2) is 7.99. The SMILES string of the molecule is CCNCc1nn(CCOCCOC)c2ccccc12. The van der Waals surface area contributed by atoms with Crippen molar-refractivity contribution in [2.45, 2.75) is 20.0 Å². The third-order valence-corrected chi connectivity index (χ3v) is 3.16. The third kappa shape index (κ3) is 3.79. The van der Waals surface area contributed by atoms with Crippen LogP contribution in [0.4, 0.5) is 0 Å². The molecule has 1 N–H and O–H groups in total. The molecule has 2 rings (SSSR count). The summed E-state index contributed by atoms with van der Waals surface area (Å²) in [4.78, 5) is 0. The largest absolute Gasteiger partial charge is 0.382 e. The van der Waals surface area contributed by atoms with E-state index >= 15 is 0 Å². The Hall–Kier alpha value is -1.43. The smallest absolute Gasteiger partial charge is 0.0841 e. The molecule has 5 nitrogen and oxygen atoms in total. The number of fused-ring (bicyclic) bond motifs is 1. The molecule has 0 saturated heterocycles. The number of ether oxygens (including phenoxy) is 2. The van der Waals surface area contributed by atoms with E-state index < -0.39 is 0 Å². The molecule has 0 aliphatic rings. The van der Waals surface area contributed by atoms with Crippen LogP contribution >= 0.6 is 0 Å². The van der Waals surface area contributed by atoms with Gasteiger partial charge >= 0.3 is 0 Å². The van der Waals surface area contributed by atoms with Gasteiger partial charge in [-0.05, 0) is 12.6 Å². The van der Waals surface area contributed by atoms with Gasteiger partial charge in [0.15, 0.2) is 0 Å². The number of rotatable bonds is 9. The zero-order valence-electron chi connectivity index (χ0n) is 12.3. The van der Waals surface area contributed by atoms with Crippen molar-refractivity contribution in [2.75, 3.05) is 33.5 Å². The Balaban J connectivity index is 2.04. The van der Waals surface area contributed by atoms with Gasteiger partial charge in [-0.25, -0.2) is 0 Å². The Morgan fingerprint density at radius 3 is 2.85 bits per heavy atom. The van der Waals surface area contributed by atoms with Crippen LogP contribution in [0.3, 0.4) is 0 Å². The van der Waals surface area contributed by atoms with Crippen LogP contribution in [0.5, 0.6) is 0 Å². The molecule has 20 heavy (non-hydrogen) atoms. The normalized spacial score (nSPS) is 11.3. The maximum absolute atomic E-state index is 5.52. The fourth-order valence-corrected chi connectivity index (χ4v) is 2.14. The maximum atomic E-state index is 5.52. The van der Waals surface area contributed by atoms with Crippen LogP contribution in [0, 0.1) is 0 Å². The molecule has 1 heterocycles. The average Bonchev–Trinajstić information content (AvgIpc) is 2.83. The van der Waals surface area contributed by atoms with E-state index in [-0.39, 0.29) is 0 Å². The topological polar surface area (TPSA) is 48.3 Å². The standard InChI is InChI=1S/C15H23N3O2/c1-3-16-12-14-13-6-4-5-7-15(13)18(17-14)8-9-20-11-10-19-2/h4-7,16H,3,8-12H2,1-2H3. The van der Waals surface area contributed by atoms with Gasteiger partial charge in [0.2, 0.25) is 0 Å². The molecule has 0 amide bonds. The van der Waals surface area contributed by atoms with Crippen LogP contribution in [0.25, 0.3) is 10.9 Å². The van der Waals surface area contributed by atoms with Crippen molar-refractivity contribution in [3.8, 4) is 0 Å². The van der Waals surface area contributed by atoms with E-state index in [0.29, 0.717) is 19.8 Å². The van der Waals surface area contributed by atoms with Crippen LogP contribution in [-0.4, -0.2) is 43.3 Å². The van der Waals surface area contributed by atoms with Gasteiger partial charge in [0.25, 0.3) is 0 Å². The van der Waals surface area contributed by atoms with Gasteiger partial charge in [-0.1, -0.05) is 25.1 Å². The molecule has 0 spiro atoms. The fraction of sp³-hybridized carbons (Fsp3) is 0.533. The van der Waals surface area contributed by atoms with Crippen molar-refractivity contribution in [1.29, 1.82) is 0 Å². The van der Waals surface area contributed by atoms with Gasteiger partial charge < -0.3 is 14.8 Å². The summed E-state index contributed by atoms with van der Waals surface area (Å²) < 4.78 is 12.5. The summed E-state index contributed by atoms with van der Waals surface area (Å²) in [6, 6.07) is 8.33.